The number of carbonyl (C=O) groups excluding carboxylic acids is 2. The van der Waals surface area contributed by atoms with Crippen LogP contribution in [0.5, 0.6) is 0 Å². The monoisotopic (exact) mass is 342 g/mol. The molecule has 1 heterocycles. The molecule has 2 amide bonds. The van der Waals surface area contributed by atoms with Gasteiger partial charge in [-0.15, -0.1) is 0 Å². The van der Waals surface area contributed by atoms with E-state index in [-0.39, 0.29) is 0 Å². The number of aromatic nitrogens is 2. The van der Waals surface area contributed by atoms with Crippen molar-refractivity contribution in [2.75, 3.05) is 13.2 Å². The Balaban J connectivity index is 3.03. The molecular formula is C12H14N4O8. The Morgan fingerprint density at radius 2 is 1.17 bits per heavy atom. The Bertz CT molecular complexity index is 595. The fourth-order valence-electron chi connectivity index (χ4n) is 1.49. The number of carbonyl (C=O) groups is 4. The van der Waals surface area contributed by atoms with Gasteiger partial charge in [0.1, 0.15) is 0 Å². The van der Waals surface area contributed by atoms with Crippen LogP contribution in [0.2, 0.25) is 0 Å². The van der Waals surface area contributed by atoms with Crippen LogP contribution in [0.15, 0.2) is 12.4 Å². The summed E-state index contributed by atoms with van der Waals surface area (Å²) < 4.78 is 0. The van der Waals surface area contributed by atoms with E-state index in [0.29, 0.717) is 0 Å². The quantitative estimate of drug-likeness (QED) is 0.280. The van der Waals surface area contributed by atoms with Crippen molar-refractivity contribution in [3.8, 4) is 0 Å². The second-order valence-corrected chi connectivity index (χ2v) is 4.35. The molecule has 0 aliphatic carbocycles. The highest BCUT2D eigenvalue weighted by molar-refractivity contribution is 6.06. The van der Waals surface area contributed by atoms with Crippen LogP contribution >= 0.6 is 0 Å². The maximum atomic E-state index is 12.0. The van der Waals surface area contributed by atoms with Crippen molar-refractivity contribution in [2.45, 2.75) is 12.1 Å². The SMILES string of the molecule is O=C(NC(CO)C(=O)O)c1nccnc1C(=O)N[C@H](CO)C(=O)O. The molecule has 0 fully saturated rings. The first-order chi connectivity index (χ1) is 11.3. The van der Waals surface area contributed by atoms with E-state index in [4.69, 9.17) is 20.4 Å². The summed E-state index contributed by atoms with van der Waals surface area (Å²) in [6, 6.07) is -3.25. The van der Waals surface area contributed by atoms with Crippen LogP contribution in [-0.2, 0) is 9.59 Å². The molecule has 0 aliphatic rings. The number of nitrogens with zero attached hydrogens (tertiary/aromatic N) is 2. The van der Waals surface area contributed by atoms with Crippen molar-refractivity contribution in [2.24, 2.45) is 0 Å². The minimum Gasteiger partial charge on any atom is -0.480 e. The van der Waals surface area contributed by atoms with E-state index < -0.39 is 60.4 Å². The van der Waals surface area contributed by atoms with Gasteiger partial charge in [0.2, 0.25) is 0 Å². The minimum atomic E-state index is -1.63. The van der Waals surface area contributed by atoms with Crippen LogP contribution in [0.4, 0.5) is 0 Å². The van der Waals surface area contributed by atoms with Crippen molar-refractivity contribution in [1.29, 1.82) is 0 Å². The molecule has 12 nitrogen and oxygen atoms in total. The Morgan fingerprint density at radius 3 is 1.42 bits per heavy atom. The van der Waals surface area contributed by atoms with E-state index in [1.54, 1.807) is 0 Å². The summed E-state index contributed by atoms with van der Waals surface area (Å²) in [6.07, 6.45) is 2.11. The maximum absolute atomic E-state index is 12.0. The van der Waals surface area contributed by atoms with E-state index in [1.165, 1.54) is 0 Å². The van der Waals surface area contributed by atoms with E-state index >= 15 is 0 Å². The molecule has 1 aromatic rings. The summed E-state index contributed by atoms with van der Waals surface area (Å²) in [5.41, 5.74) is -1.14. The van der Waals surface area contributed by atoms with Gasteiger partial charge in [-0.25, -0.2) is 19.6 Å². The zero-order valence-corrected chi connectivity index (χ0v) is 12.0. The molecular weight excluding hydrogens is 328 g/mol. The number of hydrogen-bond donors (Lipinski definition) is 6. The second-order valence-electron chi connectivity index (χ2n) is 4.35. The van der Waals surface area contributed by atoms with Gasteiger partial charge in [0.25, 0.3) is 11.8 Å². The molecule has 1 aromatic heterocycles. The zero-order chi connectivity index (χ0) is 18.3. The summed E-state index contributed by atoms with van der Waals surface area (Å²) in [5.74, 6) is -5.23. The molecule has 0 saturated carbocycles. The fraction of sp³-hybridized carbons (Fsp3) is 0.333. The fourth-order valence-corrected chi connectivity index (χ4v) is 1.49. The van der Waals surface area contributed by atoms with Gasteiger partial charge in [-0.1, -0.05) is 0 Å². The molecule has 130 valence electrons. The van der Waals surface area contributed by atoms with Gasteiger partial charge in [-0.3, -0.25) is 9.59 Å². The average Bonchev–Trinajstić information content (AvgIpc) is 2.56. The standard InChI is InChI=1S/C12H14N4O8/c17-3-5(11(21)22)15-9(19)7-8(14-2-1-13-7)10(20)16-6(4-18)12(23)24/h1-2,5-6,17-18H,3-4H2,(H,15,19)(H,16,20)(H,21,22)(H,23,24)/t5-,6?/m1/s1. The van der Waals surface area contributed by atoms with E-state index in [2.05, 4.69) is 9.97 Å². The molecule has 24 heavy (non-hydrogen) atoms. The van der Waals surface area contributed by atoms with Crippen molar-refractivity contribution < 1.29 is 39.6 Å². The molecule has 0 bridgehead atoms. The lowest BCUT2D eigenvalue weighted by Gasteiger charge is -2.14. The van der Waals surface area contributed by atoms with E-state index in [0.717, 1.165) is 12.4 Å². The number of carboxylic acids is 2. The Kier molecular flexibility index (Phi) is 6.70. The van der Waals surface area contributed by atoms with Gasteiger partial charge in [0.05, 0.1) is 13.2 Å². The number of rotatable bonds is 8. The highest BCUT2D eigenvalue weighted by Gasteiger charge is 2.27. The molecule has 0 aromatic carbocycles. The predicted molar refractivity (Wildman–Crippen MR) is 74.0 cm³/mol. The number of amides is 2. The summed E-state index contributed by atoms with van der Waals surface area (Å²) in [4.78, 5) is 52.8. The van der Waals surface area contributed by atoms with Gasteiger partial charge < -0.3 is 31.1 Å². The highest BCUT2D eigenvalue weighted by Crippen LogP contribution is 2.03. The molecule has 6 N–H and O–H groups in total. The van der Waals surface area contributed by atoms with Gasteiger partial charge in [0, 0.05) is 12.4 Å². The maximum Gasteiger partial charge on any atom is 0.328 e. The van der Waals surface area contributed by atoms with Gasteiger partial charge in [-0.05, 0) is 0 Å². The first-order valence-electron chi connectivity index (χ1n) is 6.41. The smallest absolute Gasteiger partial charge is 0.328 e. The Morgan fingerprint density at radius 1 is 0.833 bits per heavy atom. The van der Waals surface area contributed by atoms with Gasteiger partial charge in [0.15, 0.2) is 23.5 Å². The summed E-state index contributed by atoms with van der Waals surface area (Å²) in [7, 11) is 0. The minimum absolute atomic E-state index is 0.572. The molecule has 12 heteroatoms. The zero-order valence-electron chi connectivity index (χ0n) is 12.0. The van der Waals surface area contributed by atoms with Crippen LogP contribution in [0.3, 0.4) is 0 Å². The van der Waals surface area contributed by atoms with Crippen molar-refractivity contribution in [1.82, 2.24) is 20.6 Å². The third kappa shape index (κ3) is 4.69. The number of nitrogens with one attached hydrogen (secondary N) is 2. The topological polar surface area (TPSA) is 199 Å². The Hall–Kier alpha value is -3.12. The average molecular weight is 342 g/mol. The molecule has 0 radical (unpaired) electrons. The van der Waals surface area contributed by atoms with E-state index in [9.17, 15) is 19.2 Å². The third-order valence-corrected chi connectivity index (χ3v) is 2.70. The number of hydrogen-bond acceptors (Lipinski definition) is 8. The molecule has 2 atom stereocenters. The van der Waals surface area contributed by atoms with Crippen LogP contribution in [0, 0.1) is 0 Å². The summed E-state index contributed by atoms with van der Waals surface area (Å²) in [6.45, 7) is -1.79. The first-order valence-corrected chi connectivity index (χ1v) is 6.41. The first kappa shape index (κ1) is 18.9. The number of aliphatic hydroxyl groups excluding tert-OH is 2. The second kappa shape index (κ2) is 8.50. The molecule has 1 rings (SSSR count). The van der Waals surface area contributed by atoms with Crippen molar-refractivity contribution >= 4 is 23.8 Å². The molecule has 0 aliphatic heterocycles. The number of aliphatic carboxylic acids is 2. The summed E-state index contributed by atoms with van der Waals surface area (Å²) >= 11 is 0. The largest absolute Gasteiger partial charge is 0.480 e. The van der Waals surface area contributed by atoms with Crippen LogP contribution < -0.4 is 10.6 Å². The lowest BCUT2D eigenvalue weighted by atomic mass is 10.2. The van der Waals surface area contributed by atoms with Gasteiger partial charge in [-0.2, -0.15) is 0 Å². The van der Waals surface area contributed by atoms with Crippen LogP contribution in [-0.4, -0.2) is 79.4 Å². The van der Waals surface area contributed by atoms with Crippen LogP contribution in [0.1, 0.15) is 21.0 Å². The molecule has 0 saturated heterocycles. The normalized spacial score (nSPS) is 12.8. The van der Waals surface area contributed by atoms with Crippen molar-refractivity contribution in [3.05, 3.63) is 23.8 Å². The summed E-state index contributed by atoms with van der Waals surface area (Å²) in [5, 5.41) is 39.2. The Labute approximate surface area is 134 Å². The predicted octanol–water partition coefficient (Wildman–Crippen LogP) is -3.17. The highest BCUT2D eigenvalue weighted by atomic mass is 16.4. The lowest BCUT2D eigenvalue weighted by Crippen LogP contribution is -2.46. The van der Waals surface area contributed by atoms with Gasteiger partial charge >= 0.3 is 11.9 Å². The molecule has 0 spiro atoms. The molecule has 1 unspecified atom stereocenters. The third-order valence-electron chi connectivity index (χ3n) is 2.70. The number of carboxylic acid groups (broad SMARTS) is 2. The lowest BCUT2D eigenvalue weighted by molar-refractivity contribution is -0.141. The van der Waals surface area contributed by atoms with Crippen LogP contribution in [0.25, 0.3) is 0 Å². The van der Waals surface area contributed by atoms with Crippen molar-refractivity contribution in [3.63, 3.8) is 0 Å². The number of aliphatic hydroxyl groups is 2. The van der Waals surface area contributed by atoms with E-state index in [1.807, 2.05) is 10.6 Å².